The molecule has 0 saturated heterocycles. The van der Waals surface area contributed by atoms with E-state index in [1.54, 1.807) is 0 Å². The molecule has 0 amide bonds. The Morgan fingerprint density at radius 1 is 1.39 bits per heavy atom. The molecule has 0 aliphatic heterocycles. The van der Waals surface area contributed by atoms with E-state index >= 15 is 0 Å². The van der Waals surface area contributed by atoms with E-state index < -0.39 is 5.97 Å². The van der Waals surface area contributed by atoms with Crippen LogP contribution in [0.15, 0.2) is 24.3 Å². The van der Waals surface area contributed by atoms with Crippen LogP contribution in [0.3, 0.4) is 0 Å². The highest BCUT2D eigenvalue weighted by atomic mass is 35.5. The number of carbonyl (C=O) groups is 1. The first-order chi connectivity index (χ1) is 8.61. The molecule has 2 aromatic rings. The van der Waals surface area contributed by atoms with Crippen molar-refractivity contribution in [1.82, 2.24) is 15.0 Å². The van der Waals surface area contributed by atoms with Gasteiger partial charge in [0.25, 0.3) is 0 Å². The normalized spacial score (nSPS) is 10.6. The second kappa shape index (κ2) is 5.18. The number of hydrogen-bond donors (Lipinski definition) is 1. The molecule has 2 rings (SSSR count). The van der Waals surface area contributed by atoms with Crippen LogP contribution in [-0.4, -0.2) is 26.1 Å². The smallest absolute Gasteiger partial charge is 0.309 e. The van der Waals surface area contributed by atoms with Gasteiger partial charge in [0.1, 0.15) is 0 Å². The first-order valence-corrected chi connectivity index (χ1v) is 5.90. The van der Waals surface area contributed by atoms with Gasteiger partial charge in [-0.3, -0.25) is 4.79 Å². The molecule has 1 heterocycles. The fourth-order valence-electron chi connectivity index (χ4n) is 1.65. The Labute approximate surface area is 109 Å². The van der Waals surface area contributed by atoms with Crippen molar-refractivity contribution in [3.63, 3.8) is 0 Å². The molecule has 0 aliphatic carbocycles. The molecule has 0 bridgehead atoms. The summed E-state index contributed by atoms with van der Waals surface area (Å²) < 4.78 is 1.45. The summed E-state index contributed by atoms with van der Waals surface area (Å²) in [4.78, 5) is 10.8. The molecule has 0 fully saturated rings. The minimum atomic E-state index is -0.967. The lowest BCUT2D eigenvalue weighted by atomic mass is 10.1. The average molecular weight is 266 g/mol. The van der Waals surface area contributed by atoms with Crippen LogP contribution in [0.1, 0.15) is 18.2 Å². The third-order valence-electron chi connectivity index (χ3n) is 2.62. The van der Waals surface area contributed by atoms with Gasteiger partial charge in [-0.15, -0.1) is 5.10 Å². The SMILES string of the molecule is CCc1ccc(-n2nnc(Cl)c2CC(=O)O)cc1. The molecule has 1 aromatic heterocycles. The molecule has 0 spiro atoms. The minimum absolute atomic E-state index is 0.122. The van der Waals surface area contributed by atoms with Gasteiger partial charge in [-0.1, -0.05) is 35.9 Å². The maximum Gasteiger partial charge on any atom is 0.309 e. The molecular weight excluding hydrogens is 254 g/mol. The molecular formula is C12H12ClN3O2. The molecule has 0 aliphatic rings. The van der Waals surface area contributed by atoms with Crippen LogP contribution in [0.25, 0.3) is 5.69 Å². The van der Waals surface area contributed by atoms with Crippen molar-refractivity contribution in [1.29, 1.82) is 0 Å². The highest BCUT2D eigenvalue weighted by Gasteiger charge is 2.15. The number of nitrogens with zero attached hydrogens (tertiary/aromatic N) is 3. The van der Waals surface area contributed by atoms with E-state index in [2.05, 4.69) is 17.2 Å². The summed E-state index contributed by atoms with van der Waals surface area (Å²) in [6, 6.07) is 7.68. The van der Waals surface area contributed by atoms with Gasteiger partial charge < -0.3 is 5.11 Å². The molecule has 6 heteroatoms. The minimum Gasteiger partial charge on any atom is -0.481 e. The lowest BCUT2D eigenvalue weighted by Gasteiger charge is -2.05. The number of aryl methyl sites for hydroxylation is 1. The van der Waals surface area contributed by atoms with Crippen molar-refractivity contribution in [2.75, 3.05) is 0 Å². The van der Waals surface area contributed by atoms with Crippen molar-refractivity contribution < 1.29 is 9.90 Å². The summed E-state index contributed by atoms with van der Waals surface area (Å²) in [5, 5.41) is 16.5. The monoisotopic (exact) mass is 265 g/mol. The Morgan fingerprint density at radius 2 is 2.06 bits per heavy atom. The zero-order valence-corrected chi connectivity index (χ0v) is 10.6. The van der Waals surface area contributed by atoms with Gasteiger partial charge in [0.15, 0.2) is 5.15 Å². The van der Waals surface area contributed by atoms with Gasteiger partial charge in [-0.25, -0.2) is 4.68 Å². The highest BCUT2D eigenvalue weighted by Crippen LogP contribution is 2.18. The summed E-state index contributed by atoms with van der Waals surface area (Å²) in [5.74, 6) is -0.967. The maximum absolute atomic E-state index is 10.8. The summed E-state index contributed by atoms with van der Waals surface area (Å²) >= 11 is 5.84. The summed E-state index contributed by atoms with van der Waals surface area (Å²) in [6.07, 6.45) is 0.738. The van der Waals surface area contributed by atoms with Crippen LogP contribution in [-0.2, 0) is 17.6 Å². The van der Waals surface area contributed by atoms with Gasteiger partial charge in [0.2, 0.25) is 0 Å². The second-order valence-electron chi connectivity index (χ2n) is 3.83. The average Bonchev–Trinajstić information content (AvgIpc) is 2.71. The zero-order valence-electron chi connectivity index (χ0n) is 9.80. The molecule has 0 radical (unpaired) electrons. The number of hydrogen-bond acceptors (Lipinski definition) is 3. The fourth-order valence-corrected chi connectivity index (χ4v) is 1.84. The fraction of sp³-hybridized carbons (Fsp3) is 0.250. The van der Waals surface area contributed by atoms with Crippen LogP contribution in [0.4, 0.5) is 0 Å². The Hall–Kier alpha value is -1.88. The van der Waals surface area contributed by atoms with Crippen LogP contribution >= 0.6 is 11.6 Å². The summed E-state index contributed by atoms with van der Waals surface area (Å²) in [6.45, 7) is 2.07. The number of aliphatic carboxylic acids is 1. The van der Waals surface area contributed by atoms with Crippen LogP contribution in [0.5, 0.6) is 0 Å². The van der Waals surface area contributed by atoms with Gasteiger partial charge >= 0.3 is 5.97 Å². The first kappa shape index (κ1) is 12.6. The van der Waals surface area contributed by atoms with Crippen molar-refractivity contribution in [2.24, 2.45) is 0 Å². The highest BCUT2D eigenvalue weighted by molar-refractivity contribution is 6.30. The molecule has 1 aromatic carbocycles. The molecule has 0 atom stereocenters. The Morgan fingerprint density at radius 3 is 2.61 bits per heavy atom. The van der Waals surface area contributed by atoms with E-state index in [1.165, 1.54) is 10.2 Å². The number of carboxylic acids is 1. The van der Waals surface area contributed by atoms with E-state index in [0.717, 1.165) is 12.1 Å². The predicted octanol–water partition coefficient (Wildman–Crippen LogP) is 2.11. The van der Waals surface area contributed by atoms with Crippen molar-refractivity contribution in [2.45, 2.75) is 19.8 Å². The number of benzene rings is 1. The standard InChI is InChI=1S/C12H12ClN3O2/c1-2-8-3-5-9(6-4-8)16-10(7-11(17)18)12(13)14-15-16/h3-6H,2,7H2,1H3,(H,17,18). The number of aromatic nitrogens is 3. The lowest BCUT2D eigenvalue weighted by molar-refractivity contribution is -0.136. The van der Waals surface area contributed by atoms with Crippen LogP contribution in [0.2, 0.25) is 5.15 Å². The van der Waals surface area contributed by atoms with E-state index in [0.29, 0.717) is 5.69 Å². The molecule has 18 heavy (non-hydrogen) atoms. The summed E-state index contributed by atoms with van der Waals surface area (Å²) in [7, 11) is 0. The Balaban J connectivity index is 2.40. The molecule has 5 nitrogen and oxygen atoms in total. The quantitative estimate of drug-likeness (QED) is 0.919. The largest absolute Gasteiger partial charge is 0.481 e. The molecule has 0 unspecified atom stereocenters. The van der Waals surface area contributed by atoms with Crippen LogP contribution < -0.4 is 0 Å². The Kier molecular flexibility index (Phi) is 3.62. The van der Waals surface area contributed by atoms with E-state index in [1.807, 2.05) is 24.3 Å². The first-order valence-electron chi connectivity index (χ1n) is 5.53. The van der Waals surface area contributed by atoms with Gasteiger partial charge in [0, 0.05) is 0 Å². The Bertz CT molecular complexity index is 563. The maximum atomic E-state index is 10.8. The van der Waals surface area contributed by atoms with Crippen LogP contribution in [0, 0.1) is 0 Å². The lowest BCUT2D eigenvalue weighted by Crippen LogP contribution is -2.08. The molecule has 94 valence electrons. The predicted molar refractivity (Wildman–Crippen MR) is 67.1 cm³/mol. The number of rotatable bonds is 4. The van der Waals surface area contributed by atoms with Crippen molar-refractivity contribution in [3.05, 3.63) is 40.7 Å². The third-order valence-corrected chi connectivity index (χ3v) is 2.92. The second-order valence-corrected chi connectivity index (χ2v) is 4.19. The third kappa shape index (κ3) is 2.51. The van der Waals surface area contributed by atoms with Gasteiger partial charge in [0.05, 0.1) is 17.8 Å². The molecule has 0 saturated carbocycles. The number of carboxylic acid groups (broad SMARTS) is 1. The van der Waals surface area contributed by atoms with Crippen molar-refractivity contribution >= 4 is 17.6 Å². The summed E-state index contributed by atoms with van der Waals surface area (Å²) in [5.41, 5.74) is 2.33. The van der Waals surface area contributed by atoms with Gasteiger partial charge in [-0.05, 0) is 24.1 Å². The molecule has 1 N–H and O–H groups in total. The van der Waals surface area contributed by atoms with E-state index in [9.17, 15) is 4.79 Å². The topological polar surface area (TPSA) is 68.0 Å². The zero-order chi connectivity index (χ0) is 13.1. The van der Waals surface area contributed by atoms with Gasteiger partial charge in [-0.2, -0.15) is 0 Å². The van der Waals surface area contributed by atoms with Crippen molar-refractivity contribution in [3.8, 4) is 5.69 Å². The van der Waals surface area contributed by atoms with E-state index in [-0.39, 0.29) is 11.6 Å². The number of halogens is 1. The van der Waals surface area contributed by atoms with E-state index in [4.69, 9.17) is 16.7 Å².